The molecule has 10 aromatic rings. The Morgan fingerprint density at radius 2 is 1.19 bits per heavy atom. The van der Waals surface area contributed by atoms with Gasteiger partial charge in [-0.1, -0.05) is 11.3 Å². The highest BCUT2D eigenvalue weighted by Gasteiger charge is 2.54. The Bertz CT molecular complexity index is 6370. The number of H-pyrrole nitrogens is 2. The molecule has 0 spiro atoms. The van der Waals surface area contributed by atoms with Crippen molar-refractivity contribution in [2.24, 2.45) is 0 Å². The summed E-state index contributed by atoms with van der Waals surface area (Å²) in [6.07, 6.45) is -11.4. The van der Waals surface area contributed by atoms with Gasteiger partial charge in [-0.2, -0.15) is 13.0 Å². The van der Waals surface area contributed by atoms with Crippen LogP contribution in [0.3, 0.4) is 0 Å². The SMILES string of the molecule is CCN(CC)c1ccc2cc(/C=C/c3cc[n+](CCCn4cc(CO[C@H]5C(n6ccc(=O)[nH]c6=O)O[C@H](COP(=O)(O)O[C@H]6C[C@H](n7cnc8c(N)ncnc87)O[C@@H]6COP(=O)(O)O[C@H]6C[C@H](n7cc(C)c(=O)[nH]c7=O)O[C@@H]6COP(=O)(O)O)[C@H]5OP(=O)(O)OC[C@H]5O[C@@H](n6cnc7c(N)ncnc76)C[C@@H]5OP(=O)(O)O)nn4)c(S(=O)(=O)O)c3)c(=O)oc2c1. The van der Waals surface area contributed by atoms with Crippen molar-refractivity contribution in [2.45, 2.75) is 151 Å². The summed E-state index contributed by atoms with van der Waals surface area (Å²) < 4.78 is 190. The van der Waals surface area contributed by atoms with E-state index in [1.807, 2.05) is 31.0 Å². The molecule has 4 saturated heterocycles. The summed E-state index contributed by atoms with van der Waals surface area (Å²) >= 11 is 0. The van der Waals surface area contributed by atoms with E-state index in [2.05, 4.69) is 54.6 Å². The molecule has 14 N–H and O–H groups in total. The molecular formula is C65H79N19O34P5S+. The molecule has 4 unspecified atom stereocenters. The van der Waals surface area contributed by atoms with Crippen LogP contribution in [0.1, 0.15) is 86.8 Å². The van der Waals surface area contributed by atoms with Gasteiger partial charge in [-0.3, -0.25) is 83.2 Å². The number of hydrogen-bond acceptors (Lipinski definition) is 37. The molecule has 16 atom stereocenters. The molecule has 4 aliphatic heterocycles. The van der Waals surface area contributed by atoms with Crippen LogP contribution in [0.15, 0.2) is 126 Å². The number of imidazole rings is 2. The minimum absolute atomic E-state index is 0.0103. The number of ether oxygens (including phenoxy) is 5. The Labute approximate surface area is 695 Å². The van der Waals surface area contributed by atoms with Crippen LogP contribution in [0.4, 0.5) is 17.3 Å². The minimum atomic E-state index is -5.80. The van der Waals surface area contributed by atoms with Crippen LogP contribution < -0.4 is 49.1 Å². The number of pyridine rings is 1. The normalized spacial score (nSPS) is 24.2. The quantitative estimate of drug-likeness (QED) is 0.0112. The third kappa shape index (κ3) is 21.6. The van der Waals surface area contributed by atoms with Crippen molar-refractivity contribution < 1.29 is 139 Å². The van der Waals surface area contributed by atoms with Gasteiger partial charge in [0.05, 0.1) is 57.4 Å². The number of aryl methyl sites for hydroxylation is 3. The number of nitrogen functional groups attached to an aromatic ring is 2. The molecule has 0 amide bonds. The molecule has 14 rings (SSSR count). The highest BCUT2D eigenvalue weighted by Crippen LogP contribution is 2.55. The molecule has 0 radical (unpaired) electrons. The van der Waals surface area contributed by atoms with Crippen molar-refractivity contribution in [3.63, 3.8) is 0 Å². The zero-order valence-electron chi connectivity index (χ0n) is 64.7. The number of aromatic nitrogens is 16. The lowest BCUT2D eigenvalue weighted by atomic mass is 10.1. The number of aromatic amines is 2. The Hall–Kier alpha value is -9.42. The van der Waals surface area contributed by atoms with Crippen molar-refractivity contribution in [3.05, 3.63) is 167 Å². The Morgan fingerprint density at radius 1 is 0.629 bits per heavy atom. The molecule has 1 aromatic carbocycles. The van der Waals surface area contributed by atoms with Crippen LogP contribution in [0, 0.1) is 6.92 Å². The van der Waals surface area contributed by atoms with Crippen LogP contribution in [0.2, 0.25) is 0 Å². The van der Waals surface area contributed by atoms with E-state index >= 15 is 0 Å². The minimum Gasteiger partial charge on any atom is -0.422 e. The third-order valence-electron chi connectivity index (χ3n) is 19.9. The maximum Gasteiger partial charge on any atom is 0.472 e. The van der Waals surface area contributed by atoms with Gasteiger partial charge in [-0.15, -0.1) is 5.10 Å². The van der Waals surface area contributed by atoms with Gasteiger partial charge in [0.1, 0.15) is 109 Å². The van der Waals surface area contributed by atoms with Gasteiger partial charge in [-0.25, -0.2) is 67.1 Å². The van der Waals surface area contributed by atoms with Gasteiger partial charge < -0.3 is 78.7 Å². The van der Waals surface area contributed by atoms with Crippen LogP contribution in [0.25, 0.3) is 45.4 Å². The second-order valence-corrected chi connectivity index (χ2v) is 36.2. The number of rotatable bonds is 37. The Morgan fingerprint density at radius 3 is 1.77 bits per heavy atom. The standard InChI is InChI=1S/C65H78N19O34P5S/c1-4-78(5-2)39-10-9-36-18-37(63(87)114-40(36)19-39)8-7-35-11-15-79(52(17-35)124(102,103)104)13-6-14-80-24-38(76-77-80)25-105-56-55(118-123(100,101)108-27-45-41(115-120(93,94)95)20-50(111-45)83-32-72-53-57(66)68-30-70-59(53)83)47(113-62(56)81-16-12-48(85)74-64(81)88)29-109-122(98,99)117-43-22-51(84-33-73-54-58(67)69-31-71-60(54)84)112-46(43)28-107-121(96,97)116-42-21-49(110-44(42)26-106-119(90,91)92)82-23-34(3)61(86)75-65(82)89/h7-12,15-19,23-24,30-33,41-47,49-51,55-56,62H,4-6,13-14,20-22,25-29H2,1-3H3,(H13-,66,67,68,69,70,71,74,75,85,86,88,89,90,91,92,93,94,95,96,97,98,99,100,101,102,103,104)/p+1/t41-,42-,43-,44+,45+,46+,47+,49+,50+,51+,55+,56+,62?/m0/s1. The zero-order chi connectivity index (χ0) is 88.7. The summed E-state index contributed by atoms with van der Waals surface area (Å²) in [6, 6.07) is 10.7. The predicted octanol–water partition coefficient (Wildman–Crippen LogP) is 1.02. The fraction of sp³-hybridized carbons (Fsp3) is 0.446. The van der Waals surface area contributed by atoms with Crippen molar-refractivity contribution in [2.75, 3.05) is 55.9 Å². The predicted molar refractivity (Wildman–Crippen MR) is 418 cm³/mol. The van der Waals surface area contributed by atoms with Crippen LogP contribution in [-0.4, -0.2) is 215 Å². The van der Waals surface area contributed by atoms with E-state index in [9.17, 15) is 94.0 Å². The fourth-order valence-corrected chi connectivity index (χ4v) is 18.7. The van der Waals surface area contributed by atoms with Crippen molar-refractivity contribution in [1.82, 2.24) is 73.1 Å². The summed E-state index contributed by atoms with van der Waals surface area (Å²) in [4.78, 5) is 170. The number of anilines is 3. The number of phosphoric acid groups is 5. The van der Waals surface area contributed by atoms with E-state index in [-0.39, 0.29) is 75.9 Å². The molecule has 0 aliphatic carbocycles. The number of nitrogens with zero attached hydrogens (tertiary/aromatic N) is 15. The van der Waals surface area contributed by atoms with Gasteiger partial charge in [-0.05, 0) is 50.6 Å². The maximum atomic E-state index is 14.7. The molecular weight excluding hydrogens is 1780 g/mol. The van der Waals surface area contributed by atoms with Gasteiger partial charge >= 0.3 is 71.3 Å². The summed E-state index contributed by atoms with van der Waals surface area (Å²) in [5, 5.41) is 8.38. The first-order valence-electron chi connectivity index (χ1n) is 37.2. The van der Waals surface area contributed by atoms with Gasteiger partial charge in [0, 0.05) is 98.6 Å². The van der Waals surface area contributed by atoms with Gasteiger partial charge in [0.15, 0.2) is 41.9 Å². The first-order chi connectivity index (χ1) is 58.6. The largest absolute Gasteiger partial charge is 0.472 e. The number of nitrogens with one attached hydrogen (secondary N) is 2. The van der Waals surface area contributed by atoms with Crippen LogP contribution in [-0.2, 0) is 113 Å². The second kappa shape index (κ2) is 36.9. The Balaban J connectivity index is 0.713. The molecule has 59 heteroatoms. The highest BCUT2D eigenvalue weighted by molar-refractivity contribution is 7.85. The number of fused-ring (bicyclic) bond motifs is 3. The third-order valence-corrected chi connectivity index (χ3v) is 24.8. The van der Waals surface area contributed by atoms with Crippen molar-refractivity contribution in [1.29, 1.82) is 0 Å². The van der Waals surface area contributed by atoms with E-state index in [1.54, 1.807) is 12.1 Å². The van der Waals surface area contributed by atoms with Gasteiger partial charge in [0.2, 0.25) is 0 Å². The number of phosphoric ester groups is 5. The van der Waals surface area contributed by atoms with Crippen LogP contribution in [0.5, 0.6) is 0 Å². The number of benzene rings is 1. The first-order valence-corrected chi connectivity index (χ1v) is 46.2. The molecule has 53 nitrogen and oxygen atoms in total. The van der Waals surface area contributed by atoms with Crippen LogP contribution >= 0.6 is 39.1 Å². The lowest BCUT2D eigenvalue weighted by Gasteiger charge is -2.27. The van der Waals surface area contributed by atoms with E-state index in [1.165, 1.54) is 74.6 Å². The molecule has 124 heavy (non-hydrogen) atoms. The zero-order valence-corrected chi connectivity index (χ0v) is 70.0. The monoisotopic (exact) mass is 1860 g/mol. The fourth-order valence-electron chi connectivity index (χ4n) is 14.1. The second-order valence-electron chi connectivity index (χ2n) is 28.2. The van der Waals surface area contributed by atoms with Gasteiger partial charge in [0.25, 0.3) is 11.1 Å². The smallest absolute Gasteiger partial charge is 0.422 e. The number of hydrogen-bond donors (Lipinski definition) is 12. The summed E-state index contributed by atoms with van der Waals surface area (Å²) in [5.41, 5.74) is 9.36. The Kier molecular flexibility index (Phi) is 27.0. The molecule has 4 aliphatic rings. The lowest BCUT2D eigenvalue weighted by molar-refractivity contribution is -0.734. The van der Waals surface area contributed by atoms with E-state index in [0.717, 1.165) is 54.5 Å². The van der Waals surface area contributed by atoms with Crippen molar-refractivity contribution >= 4 is 112 Å². The van der Waals surface area contributed by atoms with Crippen molar-refractivity contribution in [3.8, 4) is 0 Å². The average Bonchev–Trinajstić information content (AvgIpc) is 1.62. The summed E-state index contributed by atoms with van der Waals surface area (Å²) in [5.74, 6) is -0.156. The molecule has 668 valence electrons. The molecule has 0 saturated carbocycles. The lowest BCUT2D eigenvalue weighted by Crippen LogP contribution is -2.40. The average molecular weight is 1860 g/mol. The highest BCUT2D eigenvalue weighted by atomic mass is 32.2. The first kappa shape index (κ1) is 90.8. The summed E-state index contributed by atoms with van der Waals surface area (Å²) in [6.45, 7) is 1.51. The topological polar surface area (TPSA) is 718 Å². The van der Waals surface area contributed by atoms with E-state index < -0.39 is 215 Å². The van der Waals surface area contributed by atoms with E-state index in [0.29, 0.717) is 15.5 Å². The molecule has 0 bridgehead atoms. The van der Waals surface area contributed by atoms with E-state index in [4.69, 9.17) is 71.2 Å². The molecule has 13 heterocycles. The molecule has 9 aromatic heterocycles. The number of nitrogens with two attached hydrogens (primary N) is 2. The molecule has 4 fully saturated rings. The maximum absolute atomic E-state index is 14.7. The summed E-state index contributed by atoms with van der Waals surface area (Å²) in [7, 11) is -32.6.